The van der Waals surface area contributed by atoms with Crippen LogP contribution in [0.15, 0.2) is 176 Å². The van der Waals surface area contributed by atoms with Crippen LogP contribution < -0.4 is 0 Å². The van der Waals surface area contributed by atoms with E-state index < -0.39 is 0 Å². The average molecular weight is 672 g/mol. The minimum Gasteiger partial charge on any atom is -0.309 e. The molecule has 0 bridgehead atoms. The molecule has 3 nitrogen and oxygen atoms in total. The Morgan fingerprint density at radius 3 is 1.62 bits per heavy atom. The molecule has 10 rings (SSSR count). The van der Waals surface area contributed by atoms with E-state index in [-0.39, 0.29) is 0 Å². The van der Waals surface area contributed by atoms with Crippen LogP contribution in [-0.2, 0) is 0 Å². The van der Waals surface area contributed by atoms with Gasteiger partial charge in [0.25, 0.3) is 0 Å². The molecule has 0 fully saturated rings. The molecule has 0 radical (unpaired) electrons. The molecule has 3 heteroatoms. The van der Waals surface area contributed by atoms with Crippen LogP contribution in [0.3, 0.4) is 0 Å². The van der Waals surface area contributed by atoms with E-state index in [4.69, 9.17) is 0 Å². The van der Waals surface area contributed by atoms with Gasteiger partial charge in [0.2, 0.25) is 0 Å². The molecule has 0 atom stereocenters. The Bertz CT molecular complexity index is 3180. The van der Waals surface area contributed by atoms with Gasteiger partial charge < -0.3 is 4.57 Å². The molecule has 1 heterocycles. The molecule has 244 valence electrons. The number of nitriles is 2. The second-order valence-corrected chi connectivity index (χ2v) is 13.5. The zero-order valence-corrected chi connectivity index (χ0v) is 28.6. The Morgan fingerprint density at radius 1 is 0.358 bits per heavy atom. The van der Waals surface area contributed by atoms with E-state index in [1.54, 1.807) is 0 Å². The van der Waals surface area contributed by atoms with E-state index in [2.05, 4.69) is 150 Å². The fraction of sp³-hybridized carbons (Fsp3) is 0. The maximum absolute atomic E-state index is 10.3. The van der Waals surface area contributed by atoms with E-state index >= 15 is 0 Å². The lowest BCUT2D eigenvalue weighted by Gasteiger charge is -2.19. The summed E-state index contributed by atoms with van der Waals surface area (Å²) in [7, 11) is 0. The highest BCUT2D eigenvalue weighted by Gasteiger charge is 2.20. The largest absolute Gasteiger partial charge is 0.309 e. The normalized spacial score (nSPS) is 11.4. The smallest absolute Gasteiger partial charge is 0.0998 e. The minimum atomic E-state index is 0.603. The van der Waals surface area contributed by atoms with E-state index in [1.165, 1.54) is 43.8 Å². The van der Waals surface area contributed by atoms with Crippen molar-refractivity contribution in [1.29, 1.82) is 10.5 Å². The molecule has 0 N–H and O–H groups in total. The van der Waals surface area contributed by atoms with Crippen LogP contribution in [0.2, 0.25) is 0 Å². The molecular formula is C50H29N3. The summed E-state index contributed by atoms with van der Waals surface area (Å²) in [5.74, 6) is 0. The molecule has 0 aliphatic carbocycles. The van der Waals surface area contributed by atoms with Crippen LogP contribution in [-0.4, -0.2) is 4.57 Å². The third-order valence-electron chi connectivity index (χ3n) is 10.6. The van der Waals surface area contributed by atoms with Crippen LogP contribution in [0, 0.1) is 22.7 Å². The van der Waals surface area contributed by atoms with Crippen molar-refractivity contribution in [2.75, 3.05) is 0 Å². The van der Waals surface area contributed by atoms with Crippen molar-refractivity contribution in [2.24, 2.45) is 0 Å². The third-order valence-corrected chi connectivity index (χ3v) is 10.6. The van der Waals surface area contributed by atoms with Gasteiger partial charge in [0.15, 0.2) is 0 Å². The molecule has 10 aromatic rings. The fourth-order valence-electron chi connectivity index (χ4n) is 8.34. The van der Waals surface area contributed by atoms with Gasteiger partial charge in [-0.1, -0.05) is 133 Å². The number of aromatic nitrogens is 1. The Morgan fingerprint density at radius 2 is 0.943 bits per heavy atom. The summed E-state index contributed by atoms with van der Waals surface area (Å²) in [5, 5.41) is 28.9. The highest BCUT2D eigenvalue weighted by molar-refractivity contribution is 6.23. The van der Waals surface area contributed by atoms with Gasteiger partial charge in [-0.2, -0.15) is 10.5 Å². The van der Waals surface area contributed by atoms with Crippen LogP contribution in [0.25, 0.3) is 93.2 Å². The van der Waals surface area contributed by atoms with E-state index in [9.17, 15) is 10.5 Å². The van der Waals surface area contributed by atoms with E-state index in [0.717, 1.165) is 49.4 Å². The summed E-state index contributed by atoms with van der Waals surface area (Å²) in [4.78, 5) is 0. The zero-order valence-electron chi connectivity index (χ0n) is 28.6. The lowest BCUT2D eigenvalue weighted by molar-refractivity contribution is 1.18. The minimum absolute atomic E-state index is 0.603. The number of fused-ring (bicyclic) bond motifs is 7. The molecule has 0 aliphatic heterocycles. The van der Waals surface area contributed by atoms with Crippen LogP contribution in [0.4, 0.5) is 0 Å². The summed E-state index contributed by atoms with van der Waals surface area (Å²) in [6, 6.07) is 66.4. The Balaban J connectivity index is 1.25. The standard InChI is InChI=1S/C50H29N3/c51-30-32-22-25-46-45(26-32)50-40-19-8-7-18-39(40)37(31-52)29-47(50)53(46)38-17-11-16-35(27-38)36-23-24-43-44(28-36)49(34-14-5-2-6-15-34)42-21-10-9-20-41(42)48(43)33-12-3-1-4-13-33/h1-29H. The first-order valence-corrected chi connectivity index (χ1v) is 17.7. The Labute approximate surface area is 306 Å². The van der Waals surface area contributed by atoms with Gasteiger partial charge in [0.05, 0.1) is 34.3 Å². The fourth-order valence-corrected chi connectivity index (χ4v) is 8.34. The highest BCUT2D eigenvalue weighted by atomic mass is 15.0. The van der Waals surface area contributed by atoms with Crippen molar-refractivity contribution >= 4 is 54.1 Å². The van der Waals surface area contributed by atoms with Gasteiger partial charge in [0, 0.05) is 21.8 Å². The second-order valence-electron chi connectivity index (χ2n) is 13.5. The predicted octanol–water partition coefficient (Wildman–Crippen LogP) is 13.0. The first-order valence-electron chi connectivity index (χ1n) is 17.7. The van der Waals surface area contributed by atoms with Gasteiger partial charge in [0.1, 0.15) is 0 Å². The molecule has 0 unspecified atom stereocenters. The quantitative estimate of drug-likeness (QED) is 0.175. The monoisotopic (exact) mass is 671 g/mol. The first-order chi connectivity index (χ1) is 26.2. The van der Waals surface area contributed by atoms with Crippen molar-refractivity contribution < 1.29 is 0 Å². The molecule has 0 saturated carbocycles. The van der Waals surface area contributed by atoms with Gasteiger partial charge in [-0.05, 0) is 103 Å². The van der Waals surface area contributed by atoms with Crippen LogP contribution in [0.1, 0.15) is 11.1 Å². The van der Waals surface area contributed by atoms with Crippen molar-refractivity contribution in [3.63, 3.8) is 0 Å². The Hall–Kier alpha value is -7.46. The SMILES string of the molecule is N#Cc1ccc2c(c1)c1c3ccccc3c(C#N)cc1n2-c1cccc(-c2ccc3c(-c4ccccc4)c4ccccc4c(-c4ccccc4)c3c2)c1. The van der Waals surface area contributed by atoms with Crippen molar-refractivity contribution in [1.82, 2.24) is 4.57 Å². The van der Waals surface area contributed by atoms with Gasteiger partial charge in [-0.3, -0.25) is 0 Å². The lowest BCUT2D eigenvalue weighted by atomic mass is 9.85. The van der Waals surface area contributed by atoms with Crippen molar-refractivity contribution in [2.45, 2.75) is 0 Å². The summed E-state index contributed by atoms with van der Waals surface area (Å²) in [5.41, 5.74) is 11.2. The maximum Gasteiger partial charge on any atom is 0.0998 e. The van der Waals surface area contributed by atoms with Crippen LogP contribution in [0.5, 0.6) is 0 Å². The molecule has 9 aromatic carbocycles. The third kappa shape index (κ3) is 4.73. The Kier molecular flexibility index (Phi) is 6.93. The number of nitrogens with zero attached hydrogens (tertiary/aromatic N) is 3. The predicted molar refractivity (Wildman–Crippen MR) is 219 cm³/mol. The second kappa shape index (κ2) is 12.1. The summed E-state index contributed by atoms with van der Waals surface area (Å²) < 4.78 is 2.24. The molecular weight excluding hydrogens is 643 g/mol. The summed E-state index contributed by atoms with van der Waals surface area (Å²) in [6.07, 6.45) is 0. The number of benzene rings is 9. The molecule has 0 saturated heterocycles. The summed E-state index contributed by atoms with van der Waals surface area (Å²) >= 11 is 0. The van der Waals surface area contributed by atoms with Crippen molar-refractivity contribution in [3.05, 3.63) is 187 Å². The van der Waals surface area contributed by atoms with E-state index in [0.29, 0.717) is 11.1 Å². The maximum atomic E-state index is 10.3. The van der Waals surface area contributed by atoms with Crippen molar-refractivity contribution in [3.8, 4) is 51.2 Å². The average Bonchev–Trinajstić information content (AvgIpc) is 3.56. The van der Waals surface area contributed by atoms with Gasteiger partial charge in [-0.15, -0.1) is 0 Å². The molecule has 0 amide bonds. The number of hydrogen-bond donors (Lipinski definition) is 0. The van der Waals surface area contributed by atoms with Crippen LogP contribution >= 0.6 is 0 Å². The highest BCUT2D eigenvalue weighted by Crippen LogP contribution is 2.45. The van der Waals surface area contributed by atoms with E-state index in [1.807, 2.05) is 42.5 Å². The first kappa shape index (κ1) is 30.4. The van der Waals surface area contributed by atoms with Gasteiger partial charge >= 0.3 is 0 Å². The lowest BCUT2D eigenvalue weighted by Crippen LogP contribution is -1.95. The van der Waals surface area contributed by atoms with Gasteiger partial charge in [-0.25, -0.2) is 0 Å². The zero-order chi connectivity index (χ0) is 35.5. The molecule has 0 aliphatic rings. The number of rotatable bonds is 4. The molecule has 53 heavy (non-hydrogen) atoms. The molecule has 0 spiro atoms. The number of hydrogen-bond acceptors (Lipinski definition) is 2. The molecule has 1 aromatic heterocycles. The topological polar surface area (TPSA) is 52.5 Å². The summed E-state index contributed by atoms with van der Waals surface area (Å²) in [6.45, 7) is 0.